The van der Waals surface area contributed by atoms with Gasteiger partial charge in [-0.2, -0.15) is 17.8 Å². The summed E-state index contributed by atoms with van der Waals surface area (Å²) in [4.78, 5) is 13.6. The largest absolute Gasteiger partial charge is 0.619 e. The lowest BCUT2D eigenvalue weighted by Gasteiger charge is -2.32. The van der Waals surface area contributed by atoms with E-state index in [0.29, 0.717) is 16.2 Å². The Kier molecular flexibility index (Phi) is 10.1. The zero-order chi connectivity index (χ0) is 31.4. The third kappa shape index (κ3) is 7.88. The van der Waals surface area contributed by atoms with E-state index in [-0.39, 0.29) is 64.7 Å². The molecule has 1 aliphatic carbocycles. The molecule has 1 saturated carbocycles. The van der Waals surface area contributed by atoms with Crippen LogP contribution < -0.4 is 14.2 Å². The van der Waals surface area contributed by atoms with Crippen molar-refractivity contribution in [2.75, 3.05) is 26.3 Å². The van der Waals surface area contributed by atoms with E-state index in [4.69, 9.17) is 37.4 Å². The van der Waals surface area contributed by atoms with Crippen molar-refractivity contribution in [1.82, 2.24) is 4.31 Å². The van der Waals surface area contributed by atoms with Gasteiger partial charge in [-0.3, -0.25) is 0 Å². The van der Waals surface area contributed by atoms with Crippen LogP contribution in [-0.4, -0.2) is 57.7 Å². The Bertz CT molecular complexity index is 1570. The zero-order valence-electron chi connectivity index (χ0n) is 23.1. The van der Waals surface area contributed by atoms with Crippen LogP contribution in [0.25, 0.3) is 0 Å². The van der Waals surface area contributed by atoms with Crippen molar-refractivity contribution in [3.8, 4) is 11.5 Å². The van der Waals surface area contributed by atoms with E-state index in [1.54, 1.807) is 18.2 Å². The fourth-order valence-corrected chi connectivity index (χ4v) is 6.65. The number of halogens is 4. The smallest absolute Gasteiger partial charge is 0.387 e. The Balaban J connectivity index is 1.42. The molecule has 1 aromatic heterocycles. The van der Waals surface area contributed by atoms with E-state index in [9.17, 15) is 27.2 Å². The second-order valence-corrected chi connectivity index (χ2v) is 13.0. The topological polar surface area (TPSA) is 118 Å². The lowest BCUT2D eigenvalue weighted by molar-refractivity contribution is -0.605. The number of hydrogen-bond acceptors (Lipinski definition) is 8. The summed E-state index contributed by atoms with van der Waals surface area (Å²) in [5.41, 5.74) is 0.603. The molecule has 0 radical (unpaired) electrons. The summed E-state index contributed by atoms with van der Waals surface area (Å²) in [6.07, 6.45) is 1.54. The third-order valence-electron chi connectivity index (χ3n) is 7.11. The average Bonchev–Trinajstić information content (AvgIpc) is 3.83. The van der Waals surface area contributed by atoms with Crippen LogP contribution in [0.4, 0.5) is 8.78 Å². The minimum absolute atomic E-state index is 0.00505. The summed E-state index contributed by atoms with van der Waals surface area (Å²) in [6, 6.07) is 11.9. The van der Waals surface area contributed by atoms with E-state index >= 15 is 0 Å². The SMILES string of the molecule is O=C(O[C@@H](Cc1c(Cl)c[n+]([O-])cc1Cl)c1ccc(OC(F)F)c(OCC2CC2)c1)[C@@H]1CN(S(=O)(=O)c2ccccc2)CCO1. The van der Waals surface area contributed by atoms with Crippen LogP contribution in [-0.2, 0) is 30.7 Å². The van der Waals surface area contributed by atoms with Gasteiger partial charge in [0.05, 0.1) is 24.7 Å². The molecule has 0 unspecified atom stereocenters. The van der Waals surface area contributed by atoms with Crippen molar-refractivity contribution in [2.24, 2.45) is 5.92 Å². The quantitative estimate of drug-likeness (QED) is 0.151. The Morgan fingerprint density at radius 1 is 1.09 bits per heavy atom. The van der Waals surface area contributed by atoms with Crippen molar-refractivity contribution in [3.05, 3.63) is 87.3 Å². The van der Waals surface area contributed by atoms with Gasteiger partial charge in [0.15, 0.2) is 30.0 Å². The number of carbonyl (C=O) groups excluding carboxylic acids is 1. The van der Waals surface area contributed by atoms with Gasteiger partial charge in [0.1, 0.15) is 16.1 Å². The first-order valence-electron chi connectivity index (χ1n) is 13.7. The molecule has 2 aliphatic rings. The number of esters is 1. The summed E-state index contributed by atoms with van der Waals surface area (Å²) in [5, 5.41) is 11.8. The predicted molar refractivity (Wildman–Crippen MR) is 154 cm³/mol. The zero-order valence-corrected chi connectivity index (χ0v) is 25.4. The highest BCUT2D eigenvalue weighted by Crippen LogP contribution is 2.38. The van der Waals surface area contributed by atoms with Gasteiger partial charge in [-0.15, -0.1) is 0 Å². The molecule has 0 N–H and O–H groups in total. The molecule has 2 heterocycles. The first-order valence-corrected chi connectivity index (χ1v) is 15.9. The van der Waals surface area contributed by atoms with Gasteiger partial charge in [0.2, 0.25) is 10.0 Å². The maximum absolute atomic E-state index is 13.5. The number of alkyl halides is 2. The average molecular weight is 674 g/mol. The number of nitrogens with zero attached hydrogens (tertiary/aromatic N) is 2. The number of morpholine rings is 1. The number of rotatable bonds is 12. The van der Waals surface area contributed by atoms with E-state index < -0.39 is 34.8 Å². The Labute approximate surface area is 262 Å². The van der Waals surface area contributed by atoms with Gasteiger partial charge in [-0.25, -0.2) is 13.2 Å². The predicted octanol–water partition coefficient (Wildman–Crippen LogP) is 4.93. The maximum Gasteiger partial charge on any atom is 0.387 e. The number of sulfonamides is 1. The highest BCUT2D eigenvalue weighted by Gasteiger charge is 2.36. The van der Waals surface area contributed by atoms with Gasteiger partial charge < -0.3 is 24.2 Å². The highest BCUT2D eigenvalue weighted by atomic mass is 35.5. The number of ether oxygens (including phenoxy) is 4. The molecule has 10 nitrogen and oxygen atoms in total. The standard InChI is InChI=1S/C29H28Cl2F2N2O8S/c30-22-14-34(37)15-23(31)21(22)13-25(19-8-9-24(43-29(32)33)26(12-19)41-17-18-6-7-18)42-28(36)27-16-35(10-11-40-27)44(38,39)20-4-2-1-3-5-20/h1-5,8-9,12,14-15,18,25,27,29H,6-7,10-11,13,16-17H2/t25-,27-/m0/s1. The van der Waals surface area contributed by atoms with Crippen molar-refractivity contribution >= 4 is 39.2 Å². The summed E-state index contributed by atoms with van der Waals surface area (Å²) in [7, 11) is -3.91. The molecule has 2 fully saturated rings. The second-order valence-electron chi connectivity index (χ2n) is 10.3. The molecule has 0 bridgehead atoms. The number of carbonyl (C=O) groups is 1. The van der Waals surface area contributed by atoms with Crippen LogP contribution in [0.3, 0.4) is 0 Å². The van der Waals surface area contributed by atoms with Gasteiger partial charge >= 0.3 is 12.6 Å². The van der Waals surface area contributed by atoms with Crippen LogP contribution in [0.15, 0.2) is 65.8 Å². The number of pyridine rings is 1. The molecule has 1 aliphatic heterocycles. The van der Waals surface area contributed by atoms with Crippen molar-refractivity contribution in [2.45, 2.75) is 43.0 Å². The van der Waals surface area contributed by atoms with Crippen LogP contribution in [0.5, 0.6) is 11.5 Å². The van der Waals surface area contributed by atoms with E-state index in [2.05, 4.69) is 4.74 Å². The van der Waals surface area contributed by atoms with Crippen LogP contribution in [0.1, 0.15) is 30.1 Å². The number of hydrogen-bond donors (Lipinski definition) is 0. The molecule has 15 heteroatoms. The molecular weight excluding hydrogens is 645 g/mol. The van der Waals surface area contributed by atoms with Gasteiger partial charge in [-0.1, -0.05) is 47.5 Å². The summed E-state index contributed by atoms with van der Waals surface area (Å²) in [6.45, 7) is -3.15. The molecule has 44 heavy (non-hydrogen) atoms. The van der Waals surface area contributed by atoms with E-state index in [1.165, 1.54) is 30.3 Å². The molecule has 1 saturated heterocycles. The molecule has 0 amide bonds. The lowest BCUT2D eigenvalue weighted by atomic mass is 10.0. The first-order chi connectivity index (χ1) is 21.0. The summed E-state index contributed by atoms with van der Waals surface area (Å²) in [5.74, 6) is -0.758. The molecule has 3 aromatic rings. The minimum atomic E-state index is -3.91. The molecule has 5 rings (SSSR count). The Morgan fingerprint density at radius 3 is 2.45 bits per heavy atom. The fourth-order valence-electron chi connectivity index (χ4n) is 4.61. The second kappa shape index (κ2) is 13.8. The Hall–Kier alpha value is -3.23. The summed E-state index contributed by atoms with van der Waals surface area (Å²) < 4.78 is 76.1. The van der Waals surface area contributed by atoms with Crippen LogP contribution in [0, 0.1) is 11.1 Å². The monoisotopic (exact) mass is 672 g/mol. The first kappa shape index (κ1) is 32.2. The molecular formula is C29H28Cl2F2N2O8S. The Morgan fingerprint density at radius 2 is 1.80 bits per heavy atom. The maximum atomic E-state index is 13.5. The summed E-state index contributed by atoms with van der Waals surface area (Å²) >= 11 is 12.6. The van der Waals surface area contributed by atoms with Crippen molar-refractivity contribution in [3.63, 3.8) is 0 Å². The van der Waals surface area contributed by atoms with Gasteiger partial charge in [0, 0.05) is 18.5 Å². The van der Waals surface area contributed by atoms with Gasteiger partial charge in [-0.05, 0) is 48.6 Å². The molecule has 0 spiro atoms. The fraction of sp³-hybridized carbons (Fsp3) is 0.379. The number of aromatic nitrogens is 1. The number of benzene rings is 2. The molecule has 2 atom stereocenters. The van der Waals surface area contributed by atoms with Crippen LogP contribution >= 0.6 is 23.2 Å². The van der Waals surface area contributed by atoms with Gasteiger partial charge in [0.25, 0.3) is 0 Å². The normalized spacial score (nSPS) is 18.2. The van der Waals surface area contributed by atoms with Crippen molar-refractivity contribution < 1.29 is 45.7 Å². The molecule has 236 valence electrons. The third-order valence-corrected chi connectivity index (χ3v) is 9.64. The lowest BCUT2D eigenvalue weighted by Crippen LogP contribution is -2.49. The van der Waals surface area contributed by atoms with Crippen LogP contribution in [0.2, 0.25) is 10.0 Å². The molecule has 2 aromatic carbocycles. The van der Waals surface area contributed by atoms with E-state index in [1.807, 2.05) is 0 Å². The highest BCUT2D eigenvalue weighted by molar-refractivity contribution is 7.89. The van der Waals surface area contributed by atoms with Crippen molar-refractivity contribution in [1.29, 1.82) is 0 Å². The van der Waals surface area contributed by atoms with E-state index in [0.717, 1.165) is 29.5 Å². The minimum Gasteiger partial charge on any atom is -0.619 e.